The number of nitrogens with one attached hydrogen (secondary N) is 1. The van der Waals surface area contributed by atoms with E-state index < -0.39 is 5.54 Å². The van der Waals surface area contributed by atoms with Crippen molar-refractivity contribution in [2.75, 3.05) is 11.9 Å². The van der Waals surface area contributed by atoms with Gasteiger partial charge < -0.3 is 10.1 Å². The molecule has 92 valence electrons. The van der Waals surface area contributed by atoms with Gasteiger partial charge in [0.05, 0.1) is 11.2 Å². The van der Waals surface area contributed by atoms with Crippen molar-refractivity contribution < 1.29 is 14.3 Å². The van der Waals surface area contributed by atoms with Crippen LogP contribution < -0.4 is 10.1 Å². The summed E-state index contributed by atoms with van der Waals surface area (Å²) < 4.78 is 5.29. The highest BCUT2D eigenvalue weighted by atomic mass is 16.5. The molecule has 0 unspecified atom stereocenters. The smallest absolute Gasteiger partial charge is 0.262 e. The van der Waals surface area contributed by atoms with Gasteiger partial charge in [-0.3, -0.25) is 4.79 Å². The first-order valence-corrected chi connectivity index (χ1v) is 5.90. The molecule has 1 aliphatic heterocycles. The molecule has 18 heavy (non-hydrogen) atoms. The van der Waals surface area contributed by atoms with Crippen molar-refractivity contribution in [3.63, 3.8) is 0 Å². The van der Waals surface area contributed by atoms with Crippen LogP contribution in [0.25, 0.3) is 0 Å². The highest BCUT2D eigenvalue weighted by molar-refractivity contribution is 5.95. The van der Waals surface area contributed by atoms with Crippen molar-refractivity contribution in [2.24, 2.45) is 4.99 Å². The number of rotatable bonds is 2. The number of anilines is 1. The zero-order valence-electron chi connectivity index (χ0n) is 9.73. The number of hydrogen-bond donors (Lipinski definition) is 1. The number of carbonyl (C=O) groups is 1. The van der Waals surface area contributed by atoms with E-state index in [4.69, 9.17) is 4.74 Å². The predicted molar refractivity (Wildman–Crippen MR) is 64.2 cm³/mol. The first-order chi connectivity index (χ1) is 8.73. The summed E-state index contributed by atoms with van der Waals surface area (Å²) in [6, 6.07) is 5.55. The topological polar surface area (TPSA) is 67.8 Å². The zero-order chi connectivity index (χ0) is 12.6. The van der Waals surface area contributed by atoms with Gasteiger partial charge in [0.25, 0.3) is 5.91 Å². The van der Waals surface area contributed by atoms with Crippen LogP contribution in [0.2, 0.25) is 0 Å². The van der Waals surface area contributed by atoms with Gasteiger partial charge in [-0.05, 0) is 37.0 Å². The molecule has 1 heterocycles. The molecule has 0 radical (unpaired) electrons. The second-order valence-corrected chi connectivity index (χ2v) is 4.64. The number of hydrogen-bond acceptors (Lipinski definition) is 4. The van der Waals surface area contributed by atoms with Crippen molar-refractivity contribution in [3.05, 3.63) is 23.8 Å². The van der Waals surface area contributed by atoms with E-state index in [1.54, 1.807) is 6.08 Å². The van der Waals surface area contributed by atoms with Crippen molar-refractivity contribution in [2.45, 2.75) is 24.8 Å². The highest BCUT2D eigenvalue weighted by Gasteiger charge is 2.39. The summed E-state index contributed by atoms with van der Waals surface area (Å²) >= 11 is 0. The summed E-state index contributed by atoms with van der Waals surface area (Å²) in [5, 5.41) is 2.76. The van der Waals surface area contributed by atoms with E-state index in [9.17, 15) is 9.59 Å². The van der Waals surface area contributed by atoms with Crippen molar-refractivity contribution in [3.8, 4) is 5.75 Å². The normalized spacial score (nSPS) is 19.7. The van der Waals surface area contributed by atoms with Crippen LogP contribution in [-0.4, -0.2) is 18.6 Å². The molecule has 2 aliphatic rings. The standard InChI is InChI=1S/C13H12N2O3/c16-8-14-13(4-1-5-13)9-2-3-11-10(6-9)15-12(17)7-18-11/h2-3,6H,1,4-5,7H2,(H,15,17). The van der Waals surface area contributed by atoms with E-state index in [2.05, 4.69) is 10.3 Å². The fraction of sp³-hybridized carbons (Fsp3) is 0.385. The predicted octanol–water partition coefficient (Wildman–Crippen LogP) is 1.73. The number of amides is 1. The Morgan fingerprint density at radius 2 is 2.22 bits per heavy atom. The Balaban J connectivity index is 2.01. The van der Waals surface area contributed by atoms with Crippen LogP contribution >= 0.6 is 0 Å². The maximum absolute atomic E-state index is 11.3. The minimum atomic E-state index is -0.445. The number of isocyanates is 1. The Morgan fingerprint density at radius 3 is 2.89 bits per heavy atom. The number of ether oxygens (including phenoxy) is 1. The van der Waals surface area contributed by atoms with Crippen molar-refractivity contribution >= 4 is 17.7 Å². The van der Waals surface area contributed by atoms with E-state index in [0.717, 1.165) is 24.8 Å². The van der Waals surface area contributed by atoms with Gasteiger partial charge in [0, 0.05) is 0 Å². The van der Waals surface area contributed by atoms with Crippen LogP contribution in [0.15, 0.2) is 23.2 Å². The molecule has 1 amide bonds. The molecule has 1 aliphatic carbocycles. The molecule has 1 aromatic rings. The van der Waals surface area contributed by atoms with Gasteiger partial charge in [0.15, 0.2) is 6.61 Å². The summed E-state index contributed by atoms with van der Waals surface area (Å²) in [5.41, 5.74) is 1.14. The Kier molecular flexibility index (Phi) is 2.42. The van der Waals surface area contributed by atoms with Gasteiger partial charge >= 0.3 is 0 Å². The third kappa shape index (κ3) is 1.60. The van der Waals surface area contributed by atoms with Crippen LogP contribution in [0.5, 0.6) is 5.75 Å². The average Bonchev–Trinajstić information content (AvgIpc) is 2.33. The second-order valence-electron chi connectivity index (χ2n) is 4.64. The molecule has 0 aromatic heterocycles. The van der Waals surface area contributed by atoms with Crippen molar-refractivity contribution in [1.29, 1.82) is 0 Å². The van der Waals surface area contributed by atoms with Gasteiger partial charge in [0.2, 0.25) is 6.08 Å². The number of benzene rings is 1. The molecule has 5 nitrogen and oxygen atoms in total. The lowest BCUT2D eigenvalue weighted by atomic mass is 9.72. The molecule has 5 heteroatoms. The molecule has 1 N–H and O–H groups in total. The van der Waals surface area contributed by atoms with Crippen LogP contribution in [0.1, 0.15) is 24.8 Å². The lowest BCUT2D eigenvalue weighted by molar-refractivity contribution is -0.118. The molecular weight excluding hydrogens is 232 g/mol. The van der Waals surface area contributed by atoms with Gasteiger partial charge in [-0.1, -0.05) is 6.07 Å². The fourth-order valence-corrected chi connectivity index (χ4v) is 2.44. The third-order valence-corrected chi connectivity index (χ3v) is 3.59. The third-order valence-electron chi connectivity index (χ3n) is 3.59. The van der Waals surface area contributed by atoms with Crippen LogP contribution in [0.4, 0.5) is 5.69 Å². The molecule has 1 fully saturated rings. The van der Waals surface area contributed by atoms with Gasteiger partial charge in [-0.25, -0.2) is 4.79 Å². The van der Waals surface area contributed by atoms with Crippen molar-refractivity contribution in [1.82, 2.24) is 0 Å². The minimum absolute atomic E-state index is 0.0456. The van der Waals surface area contributed by atoms with Crippen LogP contribution in [-0.2, 0) is 15.1 Å². The monoisotopic (exact) mass is 244 g/mol. The fourth-order valence-electron chi connectivity index (χ4n) is 2.44. The van der Waals surface area contributed by atoms with Crippen LogP contribution in [0, 0.1) is 0 Å². The molecule has 1 aromatic carbocycles. The lowest BCUT2D eigenvalue weighted by Gasteiger charge is -2.37. The number of aliphatic imine (C=N–C) groups is 1. The van der Waals surface area contributed by atoms with E-state index in [1.165, 1.54) is 0 Å². The molecular formula is C13H12N2O3. The Morgan fingerprint density at radius 1 is 1.39 bits per heavy atom. The zero-order valence-corrected chi connectivity index (χ0v) is 9.73. The van der Waals surface area contributed by atoms with Gasteiger partial charge in [0.1, 0.15) is 5.75 Å². The molecule has 0 atom stereocenters. The van der Waals surface area contributed by atoms with E-state index in [0.29, 0.717) is 11.4 Å². The highest BCUT2D eigenvalue weighted by Crippen LogP contribution is 2.46. The number of carbonyl (C=O) groups excluding carboxylic acids is 2. The van der Waals surface area contributed by atoms with Gasteiger partial charge in [-0.15, -0.1) is 0 Å². The lowest BCUT2D eigenvalue weighted by Crippen LogP contribution is -2.32. The largest absolute Gasteiger partial charge is 0.482 e. The van der Waals surface area contributed by atoms with Gasteiger partial charge in [-0.2, -0.15) is 4.99 Å². The molecule has 1 saturated carbocycles. The Hall–Kier alpha value is -2.13. The summed E-state index contributed by atoms with van der Waals surface area (Å²) in [6.45, 7) is 0.0456. The van der Waals surface area contributed by atoms with E-state index >= 15 is 0 Å². The maximum Gasteiger partial charge on any atom is 0.262 e. The summed E-state index contributed by atoms with van der Waals surface area (Å²) in [7, 11) is 0. The minimum Gasteiger partial charge on any atom is -0.482 e. The van der Waals surface area contributed by atoms with E-state index in [1.807, 2.05) is 18.2 Å². The van der Waals surface area contributed by atoms with E-state index in [-0.39, 0.29) is 12.5 Å². The summed E-state index contributed by atoms with van der Waals surface area (Å²) in [6.07, 6.45) is 4.39. The maximum atomic E-state index is 11.3. The van der Waals surface area contributed by atoms with Crippen LogP contribution in [0.3, 0.4) is 0 Å². The summed E-state index contributed by atoms with van der Waals surface area (Å²) in [4.78, 5) is 25.8. The Labute approximate surface area is 104 Å². The molecule has 3 rings (SSSR count). The first-order valence-electron chi connectivity index (χ1n) is 5.90. The summed E-state index contributed by atoms with van der Waals surface area (Å²) in [5.74, 6) is 0.490. The average molecular weight is 244 g/mol. The Bertz CT molecular complexity index is 557. The second kappa shape index (κ2) is 3.96. The number of nitrogens with zero attached hydrogens (tertiary/aromatic N) is 1. The molecule has 0 saturated heterocycles. The number of fused-ring (bicyclic) bond motifs is 1. The molecule has 0 spiro atoms. The SMILES string of the molecule is O=C=NC1(c2ccc3c(c2)NC(=O)CO3)CCC1. The quantitative estimate of drug-likeness (QED) is 0.636. The molecule has 0 bridgehead atoms. The first kappa shape index (κ1) is 11.0.